The lowest BCUT2D eigenvalue weighted by atomic mass is 10.1. The van der Waals surface area contributed by atoms with Crippen LogP contribution in [0.5, 0.6) is 5.75 Å². The summed E-state index contributed by atoms with van der Waals surface area (Å²) in [4.78, 5) is 34.4. The van der Waals surface area contributed by atoms with Gasteiger partial charge in [0.05, 0.1) is 11.2 Å². The van der Waals surface area contributed by atoms with E-state index in [0.29, 0.717) is 23.0 Å². The van der Waals surface area contributed by atoms with Gasteiger partial charge in [0.15, 0.2) is 5.76 Å². The van der Waals surface area contributed by atoms with E-state index in [1.165, 1.54) is 7.05 Å². The maximum atomic E-state index is 12.3. The number of benzene rings is 2. The summed E-state index contributed by atoms with van der Waals surface area (Å²) in [5.74, 6) is 1.72. The van der Waals surface area contributed by atoms with E-state index >= 15 is 0 Å². The van der Waals surface area contributed by atoms with Crippen LogP contribution in [0.2, 0.25) is 0 Å². The summed E-state index contributed by atoms with van der Waals surface area (Å²) in [5.41, 5.74) is 3.25. The average molecular weight is 460 g/mol. The van der Waals surface area contributed by atoms with Crippen LogP contribution in [0.3, 0.4) is 0 Å². The first-order valence-corrected chi connectivity index (χ1v) is 11.5. The Kier molecular flexibility index (Phi) is 5.60. The van der Waals surface area contributed by atoms with Crippen LogP contribution in [-0.2, 0) is 17.8 Å². The van der Waals surface area contributed by atoms with Gasteiger partial charge in [-0.15, -0.1) is 0 Å². The molecule has 0 radical (unpaired) electrons. The zero-order chi connectivity index (χ0) is 22.9. The van der Waals surface area contributed by atoms with Crippen LogP contribution in [0.25, 0.3) is 22.4 Å². The number of pyridine rings is 1. The number of hydrogen-bond acceptors (Lipinski definition) is 7. The smallest absolute Gasteiger partial charge is 0.289 e. The van der Waals surface area contributed by atoms with Crippen molar-refractivity contribution in [1.29, 1.82) is 0 Å². The second-order valence-corrected chi connectivity index (χ2v) is 8.74. The molecule has 5 rings (SSSR count). The number of oxazole rings is 1. The van der Waals surface area contributed by atoms with Crippen molar-refractivity contribution < 1.29 is 18.7 Å². The van der Waals surface area contributed by atoms with Crippen molar-refractivity contribution in [2.75, 3.05) is 7.05 Å². The van der Waals surface area contributed by atoms with Gasteiger partial charge >= 0.3 is 0 Å². The molecule has 1 saturated heterocycles. The highest BCUT2D eigenvalue weighted by Gasteiger charge is 2.38. The molecule has 1 aliphatic heterocycles. The third kappa shape index (κ3) is 4.09. The van der Waals surface area contributed by atoms with Crippen LogP contribution in [0.4, 0.5) is 4.79 Å². The summed E-state index contributed by atoms with van der Waals surface area (Å²) >= 11 is 1.01. The van der Waals surface area contributed by atoms with Crippen molar-refractivity contribution in [3.63, 3.8) is 0 Å². The maximum absolute atomic E-state index is 12.3. The molecular formula is C25H21N3O4S. The second-order valence-electron chi connectivity index (χ2n) is 7.68. The molecule has 1 atom stereocenters. The van der Waals surface area contributed by atoms with E-state index in [2.05, 4.69) is 9.97 Å². The van der Waals surface area contributed by atoms with Crippen LogP contribution in [0, 0.1) is 0 Å². The minimum absolute atomic E-state index is 0.222. The molecule has 2 aromatic heterocycles. The maximum Gasteiger partial charge on any atom is 0.289 e. The fraction of sp³-hybridized carbons (Fsp3) is 0.200. The number of hydrogen-bond donors (Lipinski definition) is 0. The van der Waals surface area contributed by atoms with Crippen molar-refractivity contribution in [3.05, 3.63) is 77.8 Å². The Balaban J connectivity index is 1.34. The van der Waals surface area contributed by atoms with Gasteiger partial charge in [-0.1, -0.05) is 25.1 Å². The minimum atomic E-state index is -0.548. The van der Waals surface area contributed by atoms with Crippen molar-refractivity contribution in [2.24, 2.45) is 0 Å². The molecule has 7 nitrogen and oxygen atoms in total. The summed E-state index contributed by atoms with van der Waals surface area (Å²) in [7, 11) is 1.50. The minimum Gasteiger partial charge on any atom is -0.486 e. The van der Waals surface area contributed by atoms with E-state index in [0.717, 1.165) is 45.2 Å². The zero-order valence-electron chi connectivity index (χ0n) is 18.1. The van der Waals surface area contributed by atoms with Gasteiger partial charge in [0, 0.05) is 30.3 Å². The molecular weight excluding hydrogens is 438 g/mol. The van der Waals surface area contributed by atoms with Crippen LogP contribution >= 0.6 is 11.8 Å². The molecule has 0 spiro atoms. The van der Waals surface area contributed by atoms with Gasteiger partial charge in [-0.2, -0.15) is 0 Å². The summed E-state index contributed by atoms with van der Waals surface area (Å²) in [6.45, 7) is 2.29. The molecule has 0 bridgehead atoms. The molecule has 1 fully saturated rings. The number of nitrogens with zero attached hydrogens (tertiary/aromatic N) is 3. The third-order valence-corrected chi connectivity index (χ3v) is 6.72. The number of carbonyl (C=O) groups excluding carboxylic acids is 2. The van der Waals surface area contributed by atoms with Gasteiger partial charge in [0.2, 0.25) is 11.8 Å². The predicted octanol–water partition coefficient (Wildman–Crippen LogP) is 5.40. The Bertz CT molecular complexity index is 1350. The highest BCUT2D eigenvalue weighted by molar-refractivity contribution is 8.14. The van der Waals surface area contributed by atoms with Gasteiger partial charge in [-0.3, -0.25) is 19.5 Å². The summed E-state index contributed by atoms with van der Waals surface area (Å²) in [5, 5.41) is 0.0757. The number of amides is 2. The quantitative estimate of drug-likeness (QED) is 0.382. The van der Waals surface area contributed by atoms with Crippen molar-refractivity contribution in [3.8, 4) is 17.2 Å². The number of likely N-dealkylation sites (N-methyl/N-ethyl adjacent to an activating group) is 1. The van der Waals surface area contributed by atoms with Crippen molar-refractivity contribution in [2.45, 2.75) is 25.2 Å². The fourth-order valence-corrected chi connectivity index (χ4v) is 4.66. The summed E-state index contributed by atoms with van der Waals surface area (Å²) < 4.78 is 12.0. The van der Waals surface area contributed by atoms with E-state index < -0.39 is 5.25 Å². The number of ether oxygens (including phenoxy) is 1. The number of carbonyl (C=O) groups is 2. The van der Waals surface area contributed by atoms with Crippen LogP contribution in [0.15, 0.2) is 65.2 Å². The molecule has 0 saturated carbocycles. The highest BCUT2D eigenvalue weighted by atomic mass is 32.2. The van der Waals surface area contributed by atoms with E-state index in [9.17, 15) is 9.59 Å². The fourth-order valence-electron chi connectivity index (χ4n) is 3.68. The monoisotopic (exact) mass is 459 g/mol. The molecule has 3 heterocycles. The second kappa shape index (κ2) is 8.71. The largest absolute Gasteiger partial charge is 0.486 e. The van der Waals surface area contributed by atoms with Crippen molar-refractivity contribution >= 4 is 33.8 Å². The molecule has 33 heavy (non-hydrogen) atoms. The van der Waals surface area contributed by atoms with Gasteiger partial charge in [-0.25, -0.2) is 4.98 Å². The zero-order valence-corrected chi connectivity index (χ0v) is 19.0. The van der Waals surface area contributed by atoms with Gasteiger partial charge in [0.1, 0.15) is 17.6 Å². The lowest BCUT2D eigenvalue weighted by Gasteiger charge is -2.10. The summed E-state index contributed by atoms with van der Waals surface area (Å²) in [6.07, 6.45) is 2.39. The topological polar surface area (TPSA) is 85.5 Å². The van der Waals surface area contributed by atoms with Crippen LogP contribution in [0.1, 0.15) is 29.2 Å². The molecule has 1 aliphatic rings. The molecule has 166 valence electrons. The number of imide groups is 1. The third-order valence-electron chi connectivity index (χ3n) is 5.53. The van der Waals surface area contributed by atoms with Gasteiger partial charge < -0.3 is 9.15 Å². The molecule has 0 N–H and O–H groups in total. The van der Waals surface area contributed by atoms with E-state index in [1.54, 1.807) is 6.20 Å². The molecule has 0 aliphatic carbocycles. The number of aryl methyl sites for hydroxylation is 1. The highest BCUT2D eigenvalue weighted by Crippen LogP contribution is 2.39. The molecule has 2 aromatic carbocycles. The van der Waals surface area contributed by atoms with Gasteiger partial charge in [0.25, 0.3) is 5.24 Å². The van der Waals surface area contributed by atoms with Crippen LogP contribution in [-0.4, -0.2) is 33.1 Å². The Labute approximate surface area is 194 Å². The first-order valence-electron chi connectivity index (χ1n) is 10.6. The lowest BCUT2D eigenvalue weighted by molar-refractivity contribution is -0.125. The number of thioether (sulfide) groups is 1. The van der Waals surface area contributed by atoms with Gasteiger partial charge in [-0.05, 0) is 54.1 Å². The molecule has 8 heteroatoms. The van der Waals surface area contributed by atoms with E-state index in [4.69, 9.17) is 9.15 Å². The number of aromatic nitrogens is 2. The Morgan fingerprint density at radius 3 is 2.67 bits per heavy atom. The number of fused-ring (bicyclic) bond motifs is 1. The predicted molar refractivity (Wildman–Crippen MR) is 126 cm³/mol. The Morgan fingerprint density at radius 2 is 1.94 bits per heavy atom. The standard InChI is InChI=1S/C25H21N3O4S/c1-3-19-21(32-23(27-19)15-7-5-4-6-8-15)14-31-18-10-9-16-11-17(13-26-20(16)12-18)22-24(29)28(2)25(30)33-22/h4-13,22H,3,14H2,1-2H3. The first kappa shape index (κ1) is 21.2. The Hall–Kier alpha value is -3.65. The van der Waals surface area contributed by atoms with E-state index in [1.807, 2.05) is 61.5 Å². The first-order chi connectivity index (χ1) is 16.0. The van der Waals surface area contributed by atoms with Crippen molar-refractivity contribution in [1.82, 2.24) is 14.9 Å². The molecule has 4 aromatic rings. The SMILES string of the molecule is CCc1nc(-c2ccccc2)oc1COc1ccc2cc(C3SC(=O)N(C)C3=O)cnc2c1. The number of rotatable bonds is 6. The summed E-state index contributed by atoms with van der Waals surface area (Å²) in [6, 6.07) is 17.3. The average Bonchev–Trinajstić information content (AvgIpc) is 3.39. The Morgan fingerprint density at radius 1 is 1.12 bits per heavy atom. The molecule has 2 amide bonds. The van der Waals surface area contributed by atoms with Crippen LogP contribution < -0.4 is 4.74 Å². The molecule has 1 unspecified atom stereocenters. The normalized spacial score (nSPS) is 16.1. The van der Waals surface area contributed by atoms with E-state index in [-0.39, 0.29) is 17.8 Å². The lowest BCUT2D eigenvalue weighted by Crippen LogP contribution is -2.24.